The van der Waals surface area contributed by atoms with Crippen LogP contribution >= 0.6 is 0 Å². The largest absolute Gasteiger partial charge is 1.00 e. The second kappa shape index (κ2) is 17.1. The van der Waals surface area contributed by atoms with Crippen molar-refractivity contribution in [1.29, 1.82) is 0 Å². The molecule has 0 aliphatic heterocycles. The number of carbonyl (C=O) groups is 4. The normalized spacial score (nSPS) is 10.6. The summed E-state index contributed by atoms with van der Waals surface area (Å²) in [6.07, 6.45) is 0. The molecule has 0 aliphatic rings. The van der Waals surface area contributed by atoms with Gasteiger partial charge >= 0.3 is 41.5 Å². The van der Waals surface area contributed by atoms with Gasteiger partial charge in [0.15, 0.2) is 11.6 Å². The van der Waals surface area contributed by atoms with Gasteiger partial charge in [-0.1, -0.05) is 18.2 Å². The summed E-state index contributed by atoms with van der Waals surface area (Å²) < 4.78 is 52.4. The fourth-order valence-electron chi connectivity index (χ4n) is 3.26. The molecule has 0 saturated carbocycles. The molecular formula is C28H29NaO11S. The smallest absolute Gasteiger partial charge is 0.744 e. The molecule has 41 heavy (non-hydrogen) atoms. The van der Waals surface area contributed by atoms with E-state index in [2.05, 4.69) is 0 Å². The number of ketones is 2. The van der Waals surface area contributed by atoms with Crippen molar-refractivity contribution in [3.05, 3.63) is 76.9 Å². The Labute approximate surface area is 260 Å². The van der Waals surface area contributed by atoms with Gasteiger partial charge in [0.25, 0.3) is 0 Å². The quantitative estimate of drug-likeness (QED) is 0.0993. The molecule has 0 unspecified atom stereocenters. The molecule has 11 nitrogen and oxygen atoms in total. The van der Waals surface area contributed by atoms with E-state index >= 15 is 0 Å². The molecule has 0 radical (unpaired) electrons. The Morgan fingerprint density at radius 1 is 0.634 bits per heavy atom. The van der Waals surface area contributed by atoms with Gasteiger partial charge in [0.05, 0.1) is 29.2 Å². The zero-order chi connectivity index (χ0) is 29.9. The van der Waals surface area contributed by atoms with E-state index in [1.54, 1.807) is 25.3 Å². The van der Waals surface area contributed by atoms with Crippen molar-refractivity contribution in [2.24, 2.45) is 0 Å². The minimum Gasteiger partial charge on any atom is -0.744 e. The SMILES string of the molecule is COCCOC(=O)c1cc(C(C)=O)cc(S(=O)(=O)[O-])c1.COCCOC(=O)c1ccc2cc(C(C)=O)ccc2c1.[Na+]. The van der Waals surface area contributed by atoms with Gasteiger partial charge in [-0.3, -0.25) is 9.59 Å². The van der Waals surface area contributed by atoms with Crippen LogP contribution in [0.2, 0.25) is 0 Å². The second-order valence-corrected chi connectivity index (χ2v) is 9.73. The van der Waals surface area contributed by atoms with Crippen LogP contribution in [0.3, 0.4) is 0 Å². The number of esters is 2. The zero-order valence-electron chi connectivity index (χ0n) is 23.4. The standard InChI is InChI=1S/C16H16O4.C12H14O7S.Na/c1-11(17)12-3-4-14-10-15(6-5-13(14)9-12)16(18)20-8-7-19-2;1-8(13)9-5-10(12(14)19-4-3-18-2)7-11(6-9)20(15,16)17;/h3-6,9-10H,7-8H2,1-2H3;5-7H,3-4H2,1-2H3,(H,15,16,17);/q;;+1/p-1. The van der Waals surface area contributed by atoms with Gasteiger partial charge in [-0.15, -0.1) is 0 Å². The van der Waals surface area contributed by atoms with E-state index in [0.717, 1.165) is 22.9 Å². The first-order chi connectivity index (χ1) is 18.9. The third-order valence-electron chi connectivity index (χ3n) is 5.36. The molecule has 0 saturated heterocycles. The fraction of sp³-hybridized carbons (Fsp3) is 0.286. The van der Waals surface area contributed by atoms with Gasteiger partial charge in [-0.2, -0.15) is 0 Å². The molecule has 3 aromatic carbocycles. The van der Waals surface area contributed by atoms with E-state index in [1.807, 2.05) is 18.2 Å². The summed E-state index contributed by atoms with van der Waals surface area (Å²) in [6.45, 7) is 3.47. The molecule has 13 heteroatoms. The molecule has 3 rings (SSSR count). The first-order valence-corrected chi connectivity index (χ1v) is 13.3. The van der Waals surface area contributed by atoms with Gasteiger partial charge in [0.1, 0.15) is 23.3 Å². The van der Waals surface area contributed by atoms with Crippen molar-refractivity contribution in [1.82, 2.24) is 0 Å². The van der Waals surface area contributed by atoms with Crippen molar-refractivity contribution in [2.75, 3.05) is 40.6 Å². The Morgan fingerprint density at radius 2 is 1.07 bits per heavy atom. The number of ether oxygens (including phenoxy) is 4. The Balaban J connectivity index is 0.000000400. The third kappa shape index (κ3) is 11.4. The second-order valence-electron chi connectivity index (χ2n) is 8.35. The van der Waals surface area contributed by atoms with E-state index in [9.17, 15) is 32.1 Å². The minimum atomic E-state index is -4.77. The van der Waals surface area contributed by atoms with Crippen LogP contribution in [0.15, 0.2) is 59.5 Å². The van der Waals surface area contributed by atoms with Crippen LogP contribution in [0.1, 0.15) is 55.3 Å². The van der Waals surface area contributed by atoms with E-state index < -0.39 is 26.8 Å². The summed E-state index contributed by atoms with van der Waals surface area (Å²) in [5.41, 5.74) is 0.918. The van der Waals surface area contributed by atoms with E-state index in [-0.39, 0.29) is 72.3 Å². The molecule has 0 aliphatic carbocycles. The van der Waals surface area contributed by atoms with E-state index in [4.69, 9.17) is 18.9 Å². The van der Waals surface area contributed by atoms with Crippen molar-refractivity contribution >= 4 is 44.4 Å². The first-order valence-electron chi connectivity index (χ1n) is 11.9. The number of benzene rings is 3. The van der Waals surface area contributed by atoms with Crippen LogP contribution in [0.25, 0.3) is 10.8 Å². The number of hydrogen-bond acceptors (Lipinski definition) is 11. The number of rotatable bonds is 11. The summed E-state index contributed by atoms with van der Waals surface area (Å²) in [4.78, 5) is 45.5. The molecule has 0 amide bonds. The van der Waals surface area contributed by atoms with Gasteiger partial charge in [0.2, 0.25) is 0 Å². The van der Waals surface area contributed by atoms with Crippen LogP contribution in [-0.4, -0.2) is 77.1 Å². The maximum Gasteiger partial charge on any atom is 1.00 e. The average molecular weight is 597 g/mol. The minimum absolute atomic E-state index is 0. The van der Waals surface area contributed by atoms with Gasteiger partial charge in [-0.05, 0) is 61.0 Å². The Kier molecular flexibility index (Phi) is 15.0. The van der Waals surface area contributed by atoms with Crippen molar-refractivity contribution < 1.29 is 80.7 Å². The molecule has 0 fully saturated rings. The Hall–Kier alpha value is -2.97. The van der Waals surface area contributed by atoms with Crippen molar-refractivity contribution in [3.8, 4) is 0 Å². The number of Topliss-reactive ketones (excluding diaryl/α,β-unsaturated/α-hetero) is 2. The monoisotopic (exact) mass is 596 g/mol. The van der Waals surface area contributed by atoms with Crippen LogP contribution in [0.5, 0.6) is 0 Å². The summed E-state index contributed by atoms with van der Waals surface area (Å²) in [5.74, 6) is -1.66. The molecule has 0 spiro atoms. The fourth-order valence-corrected chi connectivity index (χ4v) is 3.80. The summed E-state index contributed by atoms with van der Waals surface area (Å²) in [6, 6.07) is 13.7. The van der Waals surface area contributed by atoms with E-state index in [0.29, 0.717) is 17.7 Å². The summed E-state index contributed by atoms with van der Waals surface area (Å²) >= 11 is 0. The number of fused-ring (bicyclic) bond motifs is 1. The van der Waals surface area contributed by atoms with Crippen LogP contribution in [0.4, 0.5) is 0 Å². The zero-order valence-corrected chi connectivity index (χ0v) is 26.2. The van der Waals surface area contributed by atoms with Crippen LogP contribution in [-0.2, 0) is 29.1 Å². The molecule has 0 bridgehead atoms. The number of methoxy groups -OCH3 is 2. The molecule has 3 aromatic rings. The maximum absolute atomic E-state index is 11.8. The topological polar surface area (TPSA) is 162 Å². The number of hydrogen-bond donors (Lipinski definition) is 0. The van der Waals surface area contributed by atoms with Gasteiger partial charge in [-0.25, -0.2) is 18.0 Å². The van der Waals surface area contributed by atoms with Crippen molar-refractivity contribution in [2.45, 2.75) is 18.7 Å². The Bertz CT molecular complexity index is 1500. The summed E-state index contributed by atoms with van der Waals surface area (Å²) in [5, 5.41) is 1.82. The predicted octanol–water partition coefficient (Wildman–Crippen LogP) is 0.446. The van der Waals surface area contributed by atoms with Crippen LogP contribution in [0, 0.1) is 0 Å². The number of carbonyl (C=O) groups excluding carboxylic acids is 4. The van der Waals surface area contributed by atoms with Crippen molar-refractivity contribution in [3.63, 3.8) is 0 Å². The van der Waals surface area contributed by atoms with Gasteiger partial charge < -0.3 is 23.5 Å². The Morgan fingerprint density at radius 3 is 1.54 bits per heavy atom. The molecule has 0 N–H and O–H groups in total. The van der Waals surface area contributed by atoms with Gasteiger partial charge in [0, 0.05) is 25.3 Å². The first kappa shape index (κ1) is 36.1. The van der Waals surface area contributed by atoms with E-state index in [1.165, 1.54) is 27.0 Å². The summed E-state index contributed by atoms with van der Waals surface area (Å²) in [7, 11) is -1.80. The molecule has 0 atom stereocenters. The molecular weight excluding hydrogens is 567 g/mol. The third-order valence-corrected chi connectivity index (χ3v) is 6.17. The maximum atomic E-state index is 11.8. The average Bonchev–Trinajstić information content (AvgIpc) is 2.92. The molecule has 0 heterocycles. The predicted molar refractivity (Wildman–Crippen MR) is 143 cm³/mol. The van der Waals surface area contributed by atoms with Crippen LogP contribution < -0.4 is 29.6 Å². The molecule has 214 valence electrons. The molecule has 0 aromatic heterocycles.